The molecule has 2 rings (SSSR count). The van der Waals surface area contributed by atoms with Crippen molar-refractivity contribution in [3.63, 3.8) is 0 Å². The molecule has 1 heterocycles. The molecule has 0 fully saturated rings. The number of nitrogens with zero attached hydrogens (tertiary/aromatic N) is 3. The number of rotatable bonds is 4. The van der Waals surface area contributed by atoms with Crippen LogP contribution in [0.3, 0.4) is 0 Å². The SMILES string of the molecule is CCc1ccc(NC(=O)Nc2c(C)nc(N(C)C)nc2C)cc1. The lowest BCUT2D eigenvalue weighted by atomic mass is 10.1. The number of carbonyl (C=O) groups is 1. The first-order valence-electron chi connectivity index (χ1n) is 7.60. The van der Waals surface area contributed by atoms with Gasteiger partial charge >= 0.3 is 6.03 Å². The number of aryl methyl sites for hydroxylation is 3. The molecule has 0 aliphatic carbocycles. The molecule has 2 aromatic rings. The van der Waals surface area contributed by atoms with Gasteiger partial charge in [-0.05, 0) is 38.0 Å². The summed E-state index contributed by atoms with van der Waals surface area (Å²) >= 11 is 0. The highest BCUT2D eigenvalue weighted by atomic mass is 16.2. The zero-order valence-electron chi connectivity index (χ0n) is 14.3. The Balaban J connectivity index is 2.10. The fraction of sp³-hybridized carbons (Fsp3) is 0.353. The first kappa shape index (κ1) is 16.7. The molecule has 0 aliphatic heterocycles. The van der Waals surface area contributed by atoms with E-state index in [9.17, 15) is 4.79 Å². The molecular formula is C17H23N5O. The summed E-state index contributed by atoms with van der Waals surface area (Å²) in [6.07, 6.45) is 0.973. The van der Waals surface area contributed by atoms with E-state index in [0.717, 1.165) is 23.5 Å². The zero-order chi connectivity index (χ0) is 17.0. The summed E-state index contributed by atoms with van der Waals surface area (Å²) in [5.74, 6) is 0.626. The third kappa shape index (κ3) is 4.18. The molecular weight excluding hydrogens is 290 g/mol. The fourth-order valence-electron chi connectivity index (χ4n) is 2.18. The molecule has 0 saturated heterocycles. The Morgan fingerprint density at radius 3 is 2.09 bits per heavy atom. The van der Waals surface area contributed by atoms with Gasteiger partial charge in [-0.15, -0.1) is 0 Å². The number of aromatic nitrogens is 2. The number of hydrogen-bond acceptors (Lipinski definition) is 4. The molecule has 0 aliphatic rings. The Morgan fingerprint density at radius 2 is 1.61 bits per heavy atom. The Bertz CT molecular complexity index is 672. The second-order valence-electron chi connectivity index (χ2n) is 5.59. The number of hydrogen-bond donors (Lipinski definition) is 2. The van der Waals surface area contributed by atoms with Crippen LogP contribution in [0.5, 0.6) is 0 Å². The van der Waals surface area contributed by atoms with E-state index in [-0.39, 0.29) is 6.03 Å². The summed E-state index contributed by atoms with van der Waals surface area (Å²) in [6, 6.07) is 7.48. The van der Waals surface area contributed by atoms with Crippen LogP contribution < -0.4 is 15.5 Å². The van der Waals surface area contributed by atoms with Gasteiger partial charge in [-0.2, -0.15) is 0 Å². The standard InChI is InChI=1S/C17H23N5O/c1-6-13-7-9-14(10-8-13)20-17(23)21-15-11(2)18-16(22(4)5)19-12(15)3/h7-10H,6H2,1-5H3,(H2,20,21,23). The minimum absolute atomic E-state index is 0.304. The minimum Gasteiger partial charge on any atom is -0.347 e. The van der Waals surface area contributed by atoms with Crippen molar-refractivity contribution in [3.05, 3.63) is 41.2 Å². The van der Waals surface area contributed by atoms with Crippen molar-refractivity contribution in [2.24, 2.45) is 0 Å². The predicted octanol–water partition coefficient (Wildman–Crippen LogP) is 3.37. The Morgan fingerprint density at radius 1 is 1.04 bits per heavy atom. The van der Waals surface area contributed by atoms with Gasteiger partial charge in [-0.1, -0.05) is 19.1 Å². The molecule has 0 atom stereocenters. The van der Waals surface area contributed by atoms with Gasteiger partial charge in [0.05, 0.1) is 17.1 Å². The third-order valence-electron chi connectivity index (χ3n) is 3.52. The van der Waals surface area contributed by atoms with Gasteiger partial charge in [0.25, 0.3) is 0 Å². The van der Waals surface area contributed by atoms with Crippen LogP contribution in [0, 0.1) is 13.8 Å². The Labute approximate surface area is 137 Å². The highest BCUT2D eigenvalue weighted by Crippen LogP contribution is 2.20. The molecule has 1 aromatic heterocycles. The molecule has 0 bridgehead atoms. The van der Waals surface area contributed by atoms with Gasteiger partial charge < -0.3 is 15.5 Å². The average Bonchev–Trinajstić information content (AvgIpc) is 2.51. The largest absolute Gasteiger partial charge is 0.347 e. The van der Waals surface area contributed by atoms with Crippen LogP contribution in [-0.4, -0.2) is 30.1 Å². The van der Waals surface area contributed by atoms with Crippen LogP contribution in [-0.2, 0) is 6.42 Å². The predicted molar refractivity (Wildman–Crippen MR) is 94.3 cm³/mol. The van der Waals surface area contributed by atoms with Crippen molar-refractivity contribution in [1.82, 2.24) is 9.97 Å². The molecule has 0 radical (unpaired) electrons. The van der Waals surface area contributed by atoms with Crippen LogP contribution in [0.4, 0.5) is 22.1 Å². The van der Waals surface area contributed by atoms with Crippen molar-refractivity contribution in [1.29, 1.82) is 0 Å². The number of benzene rings is 1. The normalized spacial score (nSPS) is 10.3. The second kappa shape index (κ2) is 7.09. The van der Waals surface area contributed by atoms with E-state index in [0.29, 0.717) is 11.6 Å². The maximum Gasteiger partial charge on any atom is 0.323 e. The van der Waals surface area contributed by atoms with E-state index in [4.69, 9.17) is 0 Å². The van der Waals surface area contributed by atoms with Crippen molar-refractivity contribution in [2.75, 3.05) is 29.6 Å². The van der Waals surface area contributed by atoms with Crippen LogP contribution in [0.1, 0.15) is 23.9 Å². The van der Waals surface area contributed by atoms with Gasteiger partial charge in [-0.25, -0.2) is 14.8 Å². The van der Waals surface area contributed by atoms with Crippen molar-refractivity contribution in [3.8, 4) is 0 Å². The van der Waals surface area contributed by atoms with Gasteiger partial charge in [0.2, 0.25) is 5.95 Å². The van der Waals surface area contributed by atoms with E-state index in [2.05, 4.69) is 27.5 Å². The first-order valence-corrected chi connectivity index (χ1v) is 7.60. The van der Waals surface area contributed by atoms with Crippen LogP contribution in [0.15, 0.2) is 24.3 Å². The molecule has 122 valence electrons. The van der Waals surface area contributed by atoms with E-state index in [1.807, 2.05) is 57.1 Å². The lowest BCUT2D eigenvalue weighted by Gasteiger charge is -2.16. The van der Waals surface area contributed by atoms with Gasteiger partial charge in [0.15, 0.2) is 0 Å². The third-order valence-corrected chi connectivity index (χ3v) is 3.52. The maximum atomic E-state index is 12.2. The Hall–Kier alpha value is -2.63. The minimum atomic E-state index is -0.304. The maximum absolute atomic E-state index is 12.2. The average molecular weight is 313 g/mol. The van der Waals surface area contributed by atoms with E-state index < -0.39 is 0 Å². The monoisotopic (exact) mass is 313 g/mol. The fourth-order valence-corrected chi connectivity index (χ4v) is 2.18. The van der Waals surface area contributed by atoms with Gasteiger partial charge in [0.1, 0.15) is 0 Å². The summed E-state index contributed by atoms with van der Waals surface area (Å²) in [6.45, 7) is 5.80. The molecule has 6 heteroatoms. The lowest BCUT2D eigenvalue weighted by molar-refractivity contribution is 0.262. The number of carbonyl (C=O) groups excluding carboxylic acids is 1. The number of amides is 2. The smallest absolute Gasteiger partial charge is 0.323 e. The number of urea groups is 1. The molecule has 2 N–H and O–H groups in total. The molecule has 23 heavy (non-hydrogen) atoms. The van der Waals surface area contributed by atoms with Gasteiger partial charge in [0, 0.05) is 19.8 Å². The molecule has 0 unspecified atom stereocenters. The summed E-state index contributed by atoms with van der Waals surface area (Å²) in [7, 11) is 3.77. The number of anilines is 3. The van der Waals surface area contributed by atoms with E-state index >= 15 is 0 Å². The van der Waals surface area contributed by atoms with Crippen LogP contribution in [0.2, 0.25) is 0 Å². The van der Waals surface area contributed by atoms with Crippen molar-refractivity contribution < 1.29 is 4.79 Å². The van der Waals surface area contributed by atoms with Crippen molar-refractivity contribution >= 4 is 23.4 Å². The van der Waals surface area contributed by atoms with Crippen LogP contribution >= 0.6 is 0 Å². The molecule has 0 spiro atoms. The van der Waals surface area contributed by atoms with E-state index in [1.165, 1.54) is 5.56 Å². The molecule has 1 aromatic carbocycles. The first-order chi connectivity index (χ1) is 10.9. The summed E-state index contributed by atoms with van der Waals surface area (Å²) in [4.78, 5) is 22.8. The quantitative estimate of drug-likeness (QED) is 0.908. The summed E-state index contributed by atoms with van der Waals surface area (Å²) in [5.41, 5.74) is 4.09. The van der Waals surface area contributed by atoms with Gasteiger partial charge in [-0.3, -0.25) is 0 Å². The Kier molecular flexibility index (Phi) is 5.16. The molecule has 2 amide bonds. The van der Waals surface area contributed by atoms with Crippen LogP contribution in [0.25, 0.3) is 0 Å². The molecule has 6 nitrogen and oxygen atoms in total. The van der Waals surface area contributed by atoms with E-state index in [1.54, 1.807) is 0 Å². The van der Waals surface area contributed by atoms with Crippen molar-refractivity contribution in [2.45, 2.75) is 27.2 Å². The number of nitrogens with one attached hydrogen (secondary N) is 2. The molecule has 0 saturated carbocycles. The zero-order valence-corrected chi connectivity index (χ0v) is 14.3. The highest BCUT2D eigenvalue weighted by molar-refractivity contribution is 6.00. The lowest BCUT2D eigenvalue weighted by Crippen LogP contribution is -2.22. The summed E-state index contributed by atoms with van der Waals surface area (Å²) in [5, 5.41) is 5.65. The highest BCUT2D eigenvalue weighted by Gasteiger charge is 2.12. The summed E-state index contributed by atoms with van der Waals surface area (Å²) < 4.78 is 0. The topological polar surface area (TPSA) is 70.2 Å². The second-order valence-corrected chi connectivity index (χ2v) is 5.59.